The molecule has 0 aliphatic carbocycles. The summed E-state index contributed by atoms with van der Waals surface area (Å²) in [6.45, 7) is 4.30. The topological polar surface area (TPSA) is 69.4 Å². The van der Waals surface area contributed by atoms with Gasteiger partial charge in [0.1, 0.15) is 0 Å². The maximum atomic E-state index is 5.26. The predicted octanol–water partition coefficient (Wildman–Crippen LogP) is 12.4. The molecule has 6 heteroatoms. The minimum atomic E-state index is 0.564. The minimum Gasteiger partial charge on any atom is -0.309 e. The monoisotopic (exact) mass is 732 g/mol. The molecule has 0 aliphatic heterocycles. The second kappa shape index (κ2) is 14.3. The Kier molecular flexibility index (Phi) is 8.49. The Labute approximate surface area is 330 Å². The van der Waals surface area contributed by atoms with Crippen molar-refractivity contribution in [3.05, 3.63) is 193 Å². The highest BCUT2D eigenvalue weighted by atomic mass is 15.1. The number of hydrogen-bond acceptors (Lipinski definition) is 5. The largest absolute Gasteiger partial charge is 0.309 e. The summed E-state index contributed by atoms with van der Waals surface area (Å²) in [5, 5.41) is 2.40. The number of hydrogen-bond donors (Lipinski definition) is 0. The van der Waals surface area contributed by atoms with Gasteiger partial charge in [-0.15, -0.1) is 0 Å². The van der Waals surface area contributed by atoms with Gasteiger partial charge >= 0.3 is 0 Å². The van der Waals surface area contributed by atoms with Crippen LogP contribution in [0.3, 0.4) is 0 Å². The molecule has 0 N–H and O–H groups in total. The first-order valence-corrected chi connectivity index (χ1v) is 19.1. The van der Waals surface area contributed by atoms with E-state index in [1.54, 1.807) is 0 Å². The molecule has 6 nitrogen and oxygen atoms in total. The molecule has 0 bridgehead atoms. The van der Waals surface area contributed by atoms with Gasteiger partial charge in [-0.2, -0.15) is 0 Å². The second-order valence-electron chi connectivity index (χ2n) is 14.3. The highest BCUT2D eigenvalue weighted by molar-refractivity contribution is 6.10. The van der Waals surface area contributed by atoms with Crippen molar-refractivity contribution in [2.24, 2.45) is 0 Å². The number of aryl methyl sites for hydroxylation is 2. The van der Waals surface area contributed by atoms with Crippen LogP contribution in [0.2, 0.25) is 0 Å². The van der Waals surface area contributed by atoms with E-state index in [0.29, 0.717) is 23.3 Å². The van der Waals surface area contributed by atoms with Crippen LogP contribution in [0, 0.1) is 13.8 Å². The zero-order valence-electron chi connectivity index (χ0n) is 31.5. The Bertz CT molecular complexity index is 2890. The van der Waals surface area contributed by atoms with Crippen molar-refractivity contribution in [3.8, 4) is 73.8 Å². The van der Waals surface area contributed by atoms with Crippen LogP contribution in [0.25, 0.3) is 95.6 Å². The summed E-state index contributed by atoms with van der Waals surface area (Å²) in [4.78, 5) is 25.8. The molecule has 0 fully saturated rings. The first-order chi connectivity index (χ1) is 28.1. The molecule has 3 aromatic heterocycles. The van der Waals surface area contributed by atoms with Crippen molar-refractivity contribution in [2.75, 3.05) is 0 Å². The van der Waals surface area contributed by atoms with Crippen molar-refractivity contribution in [1.29, 1.82) is 0 Å². The molecule has 0 unspecified atom stereocenters. The zero-order valence-corrected chi connectivity index (χ0v) is 31.5. The highest BCUT2D eigenvalue weighted by Crippen LogP contribution is 2.39. The third kappa shape index (κ3) is 6.43. The van der Waals surface area contributed by atoms with Crippen LogP contribution in [0.15, 0.2) is 182 Å². The SMILES string of the molecule is Cc1ccc2c(c1)c1cc(C)ccc1n2-c1ccc(-c2cc(-c3ccccc3)nc(-c3ccccc3)n2)cc1-c1nc(-c2ccccc2)nc(-c2ccccc2)n1. The van der Waals surface area contributed by atoms with E-state index in [4.69, 9.17) is 24.9 Å². The van der Waals surface area contributed by atoms with Crippen molar-refractivity contribution in [1.82, 2.24) is 29.5 Å². The lowest BCUT2D eigenvalue weighted by Crippen LogP contribution is -2.04. The van der Waals surface area contributed by atoms with Crippen molar-refractivity contribution >= 4 is 21.8 Å². The third-order valence-corrected chi connectivity index (χ3v) is 10.4. The van der Waals surface area contributed by atoms with Crippen LogP contribution < -0.4 is 0 Å². The molecule has 0 spiro atoms. The molecule has 270 valence electrons. The molecule has 10 aromatic rings. The van der Waals surface area contributed by atoms with Gasteiger partial charge in [0.25, 0.3) is 0 Å². The van der Waals surface area contributed by atoms with Crippen LogP contribution >= 0.6 is 0 Å². The molecular weight excluding hydrogens is 697 g/mol. The van der Waals surface area contributed by atoms with E-state index < -0.39 is 0 Å². The van der Waals surface area contributed by atoms with Gasteiger partial charge in [-0.05, 0) is 56.3 Å². The Balaban J connectivity index is 1.28. The van der Waals surface area contributed by atoms with E-state index in [9.17, 15) is 0 Å². The van der Waals surface area contributed by atoms with E-state index in [-0.39, 0.29) is 0 Å². The average Bonchev–Trinajstić information content (AvgIpc) is 3.59. The molecule has 0 radical (unpaired) electrons. The summed E-state index contributed by atoms with van der Waals surface area (Å²) in [7, 11) is 0. The molecule has 10 rings (SSSR count). The Morgan fingerprint density at radius 1 is 0.333 bits per heavy atom. The fourth-order valence-electron chi connectivity index (χ4n) is 7.58. The molecule has 57 heavy (non-hydrogen) atoms. The molecular formula is C51H36N6. The molecule has 0 amide bonds. The van der Waals surface area contributed by atoms with Gasteiger partial charge in [-0.1, -0.05) is 151 Å². The maximum absolute atomic E-state index is 5.26. The number of fused-ring (bicyclic) bond motifs is 3. The molecule has 3 heterocycles. The van der Waals surface area contributed by atoms with Crippen LogP contribution in [-0.4, -0.2) is 29.5 Å². The summed E-state index contributed by atoms with van der Waals surface area (Å²) < 4.78 is 2.35. The van der Waals surface area contributed by atoms with E-state index in [1.165, 1.54) is 21.9 Å². The lowest BCUT2D eigenvalue weighted by atomic mass is 10.0. The molecule has 0 saturated heterocycles. The van der Waals surface area contributed by atoms with Gasteiger partial charge in [0.15, 0.2) is 23.3 Å². The number of benzene rings is 7. The average molecular weight is 733 g/mol. The Morgan fingerprint density at radius 3 is 1.25 bits per heavy atom. The normalized spacial score (nSPS) is 11.3. The van der Waals surface area contributed by atoms with Gasteiger partial charge in [-0.3, -0.25) is 0 Å². The lowest BCUT2D eigenvalue weighted by Gasteiger charge is -2.17. The quantitative estimate of drug-likeness (QED) is 0.163. The predicted molar refractivity (Wildman–Crippen MR) is 232 cm³/mol. The summed E-state index contributed by atoms with van der Waals surface area (Å²) in [6, 6.07) is 62.6. The van der Waals surface area contributed by atoms with Crippen LogP contribution in [0.1, 0.15) is 11.1 Å². The highest BCUT2D eigenvalue weighted by Gasteiger charge is 2.21. The Hall–Kier alpha value is -7.57. The second-order valence-corrected chi connectivity index (χ2v) is 14.3. The standard InChI is InChI=1S/C51H36N6/c1-33-23-26-45-40(29-33)41-30-34(2)24-27-46(41)57(45)47-28-25-39(44-32-43(35-15-7-3-8-16-35)52-48(53-44)36-17-9-4-10-18-36)31-42(47)51-55-49(37-19-11-5-12-20-37)54-50(56-51)38-21-13-6-14-22-38/h3-32H,1-2H3. The maximum Gasteiger partial charge on any atom is 0.166 e. The van der Waals surface area contributed by atoms with Crippen molar-refractivity contribution in [2.45, 2.75) is 13.8 Å². The van der Waals surface area contributed by atoms with Crippen LogP contribution in [0.4, 0.5) is 0 Å². The van der Waals surface area contributed by atoms with Crippen LogP contribution in [-0.2, 0) is 0 Å². The molecule has 0 atom stereocenters. The van der Waals surface area contributed by atoms with Crippen molar-refractivity contribution < 1.29 is 0 Å². The minimum absolute atomic E-state index is 0.564. The Morgan fingerprint density at radius 2 is 0.754 bits per heavy atom. The van der Waals surface area contributed by atoms with E-state index in [1.807, 2.05) is 97.1 Å². The van der Waals surface area contributed by atoms with E-state index in [2.05, 4.69) is 103 Å². The number of rotatable bonds is 7. The first-order valence-electron chi connectivity index (χ1n) is 19.1. The fourth-order valence-corrected chi connectivity index (χ4v) is 7.58. The number of aromatic nitrogens is 6. The lowest BCUT2D eigenvalue weighted by molar-refractivity contribution is 1.06. The van der Waals surface area contributed by atoms with Gasteiger partial charge in [0.05, 0.1) is 28.1 Å². The van der Waals surface area contributed by atoms with Gasteiger partial charge in [0, 0.05) is 44.2 Å². The zero-order chi connectivity index (χ0) is 38.3. The smallest absolute Gasteiger partial charge is 0.166 e. The summed E-state index contributed by atoms with van der Waals surface area (Å²) in [5.41, 5.74) is 12.8. The third-order valence-electron chi connectivity index (χ3n) is 10.4. The fraction of sp³-hybridized carbons (Fsp3) is 0.0392. The molecule has 0 saturated carbocycles. The summed E-state index contributed by atoms with van der Waals surface area (Å²) >= 11 is 0. The summed E-state index contributed by atoms with van der Waals surface area (Å²) in [6.07, 6.45) is 0. The number of nitrogens with zero attached hydrogens (tertiary/aromatic N) is 6. The van der Waals surface area contributed by atoms with Gasteiger partial charge in [0.2, 0.25) is 0 Å². The van der Waals surface area contributed by atoms with Crippen LogP contribution in [0.5, 0.6) is 0 Å². The summed E-state index contributed by atoms with van der Waals surface area (Å²) in [5.74, 6) is 2.42. The van der Waals surface area contributed by atoms with Crippen molar-refractivity contribution in [3.63, 3.8) is 0 Å². The van der Waals surface area contributed by atoms with Gasteiger partial charge in [-0.25, -0.2) is 24.9 Å². The molecule has 0 aliphatic rings. The molecule has 7 aromatic carbocycles. The first kappa shape index (κ1) is 34.0. The van der Waals surface area contributed by atoms with E-state index in [0.717, 1.165) is 61.5 Å². The van der Waals surface area contributed by atoms with Gasteiger partial charge < -0.3 is 4.57 Å². The van der Waals surface area contributed by atoms with E-state index >= 15 is 0 Å².